The van der Waals surface area contributed by atoms with E-state index >= 15 is 0 Å². The van der Waals surface area contributed by atoms with E-state index in [-0.39, 0.29) is 5.56 Å². The quantitative estimate of drug-likeness (QED) is 0.278. The summed E-state index contributed by atoms with van der Waals surface area (Å²) < 4.78 is 12.0. The highest BCUT2D eigenvalue weighted by molar-refractivity contribution is 5.96. The third-order valence-electron chi connectivity index (χ3n) is 5.03. The Morgan fingerprint density at radius 3 is 2.30 bits per heavy atom. The second kappa shape index (κ2) is 10.5. The summed E-state index contributed by atoms with van der Waals surface area (Å²) in [6, 6.07) is 18.3. The number of carboxylic acid groups (broad SMARTS) is 1. The molecule has 0 aliphatic rings. The van der Waals surface area contributed by atoms with E-state index in [0.29, 0.717) is 18.1 Å². The first-order valence-electron chi connectivity index (χ1n) is 10.4. The van der Waals surface area contributed by atoms with Gasteiger partial charge in [0, 0.05) is 10.9 Å². The zero-order chi connectivity index (χ0) is 21.3. The second-order valence-corrected chi connectivity index (χ2v) is 7.27. The number of rotatable bonds is 11. The average molecular weight is 405 g/mol. The minimum absolute atomic E-state index is 0.217. The topological polar surface area (TPSA) is 55.8 Å². The third-order valence-corrected chi connectivity index (χ3v) is 5.03. The molecule has 30 heavy (non-hydrogen) atoms. The minimum atomic E-state index is -0.965. The lowest BCUT2D eigenvalue weighted by atomic mass is 10.0. The van der Waals surface area contributed by atoms with E-state index in [1.807, 2.05) is 36.4 Å². The van der Waals surface area contributed by atoms with Crippen LogP contribution in [-0.2, 0) is 0 Å². The lowest BCUT2D eigenvalue weighted by Crippen LogP contribution is -2.00. The smallest absolute Gasteiger partial charge is 0.335 e. The molecule has 0 spiro atoms. The molecule has 0 heterocycles. The highest BCUT2D eigenvalue weighted by Crippen LogP contribution is 2.33. The van der Waals surface area contributed by atoms with Gasteiger partial charge in [-0.25, -0.2) is 4.79 Å². The number of hydrogen-bond donors (Lipinski definition) is 1. The van der Waals surface area contributed by atoms with Crippen molar-refractivity contribution in [3.63, 3.8) is 0 Å². The van der Waals surface area contributed by atoms with Crippen LogP contribution in [0.1, 0.15) is 54.9 Å². The molecule has 0 unspecified atom stereocenters. The molecule has 0 saturated carbocycles. The monoisotopic (exact) mass is 404 g/mol. The van der Waals surface area contributed by atoms with Gasteiger partial charge in [0.2, 0.25) is 0 Å². The minimum Gasteiger partial charge on any atom is -0.493 e. The molecule has 0 aliphatic carbocycles. The van der Waals surface area contributed by atoms with Gasteiger partial charge < -0.3 is 14.6 Å². The maximum absolute atomic E-state index is 11.0. The zero-order valence-corrected chi connectivity index (χ0v) is 17.4. The van der Waals surface area contributed by atoms with E-state index in [4.69, 9.17) is 14.6 Å². The maximum Gasteiger partial charge on any atom is 0.335 e. The van der Waals surface area contributed by atoms with Crippen molar-refractivity contribution in [2.24, 2.45) is 0 Å². The molecule has 1 N–H and O–H groups in total. The lowest BCUT2D eigenvalue weighted by Gasteiger charge is -2.15. The van der Waals surface area contributed by atoms with Crippen LogP contribution in [0, 0.1) is 0 Å². The Labute approximate surface area is 177 Å². The zero-order valence-electron chi connectivity index (χ0n) is 17.4. The molecule has 4 nitrogen and oxygen atoms in total. The predicted molar refractivity (Wildman–Crippen MR) is 121 cm³/mol. The first kappa shape index (κ1) is 21.4. The molecule has 0 bridgehead atoms. The predicted octanol–water partition coefficient (Wildman–Crippen LogP) is 6.94. The van der Waals surface area contributed by atoms with Gasteiger partial charge >= 0.3 is 5.97 Å². The van der Waals surface area contributed by atoms with Gasteiger partial charge in [-0.3, -0.25) is 0 Å². The maximum atomic E-state index is 11.0. The number of unbranched alkanes of at least 4 members (excludes halogenated alkanes) is 4. The van der Waals surface area contributed by atoms with Crippen molar-refractivity contribution in [2.75, 3.05) is 6.61 Å². The van der Waals surface area contributed by atoms with Crippen molar-refractivity contribution in [3.05, 3.63) is 78.4 Å². The first-order chi connectivity index (χ1) is 14.6. The fourth-order valence-corrected chi connectivity index (χ4v) is 3.39. The summed E-state index contributed by atoms with van der Waals surface area (Å²) in [6.07, 6.45) is 6.01. The van der Waals surface area contributed by atoms with E-state index in [0.717, 1.165) is 28.5 Å². The fraction of sp³-hybridized carbons (Fsp3) is 0.269. The Hall–Kier alpha value is -3.27. The lowest BCUT2D eigenvalue weighted by molar-refractivity contribution is 0.0697. The third kappa shape index (κ3) is 5.41. The van der Waals surface area contributed by atoms with Crippen molar-refractivity contribution < 1.29 is 19.4 Å². The van der Waals surface area contributed by atoms with Gasteiger partial charge in [-0.1, -0.05) is 63.5 Å². The molecule has 0 fully saturated rings. The number of hydrogen-bond acceptors (Lipinski definition) is 3. The summed E-state index contributed by atoms with van der Waals surface area (Å²) >= 11 is 0. The molecular formula is C26H28O4. The molecule has 0 saturated heterocycles. The standard InChI is InChI=1S/C26H28O4/c1-3-4-5-6-9-18-29-25-17-16-22(23-10-7-8-11-24(23)25)19(2)30-21-14-12-20(13-15-21)26(27)28/h7-8,10-17H,2-6,9,18H2,1H3,(H,27,28). The molecule has 3 aromatic rings. The van der Waals surface area contributed by atoms with Crippen LogP contribution < -0.4 is 9.47 Å². The molecule has 4 heteroatoms. The average Bonchev–Trinajstić information content (AvgIpc) is 2.76. The van der Waals surface area contributed by atoms with Crippen LogP contribution in [0.15, 0.2) is 67.2 Å². The Morgan fingerprint density at radius 1 is 0.900 bits per heavy atom. The van der Waals surface area contributed by atoms with E-state index in [2.05, 4.69) is 13.5 Å². The molecular weight excluding hydrogens is 376 g/mol. The Bertz CT molecular complexity index is 1010. The van der Waals surface area contributed by atoms with E-state index in [1.54, 1.807) is 12.1 Å². The van der Waals surface area contributed by atoms with Gasteiger partial charge in [-0.2, -0.15) is 0 Å². The SMILES string of the molecule is C=C(Oc1ccc(C(=O)O)cc1)c1ccc(OCCCCCCC)c2ccccc12. The Balaban J connectivity index is 1.73. The number of carboxylic acids is 1. The summed E-state index contributed by atoms with van der Waals surface area (Å²) in [5.74, 6) is 0.942. The molecule has 3 rings (SSSR count). The summed E-state index contributed by atoms with van der Waals surface area (Å²) in [6.45, 7) is 7.01. The Morgan fingerprint density at radius 2 is 1.60 bits per heavy atom. The molecule has 0 aliphatic heterocycles. The van der Waals surface area contributed by atoms with Crippen LogP contribution in [0.3, 0.4) is 0 Å². The van der Waals surface area contributed by atoms with Crippen molar-refractivity contribution in [1.29, 1.82) is 0 Å². The number of carbonyl (C=O) groups is 1. The number of fused-ring (bicyclic) bond motifs is 1. The van der Waals surface area contributed by atoms with E-state index in [1.165, 1.54) is 37.8 Å². The number of ether oxygens (including phenoxy) is 2. The summed E-state index contributed by atoms with van der Waals surface area (Å²) in [4.78, 5) is 11.0. The van der Waals surface area contributed by atoms with Gasteiger partial charge in [-0.05, 0) is 48.2 Å². The van der Waals surface area contributed by atoms with Gasteiger partial charge in [0.05, 0.1) is 12.2 Å². The largest absolute Gasteiger partial charge is 0.493 e. The van der Waals surface area contributed by atoms with Crippen LogP contribution in [-0.4, -0.2) is 17.7 Å². The van der Waals surface area contributed by atoms with Crippen molar-refractivity contribution >= 4 is 22.5 Å². The summed E-state index contributed by atoms with van der Waals surface area (Å²) in [5.41, 5.74) is 1.10. The van der Waals surface area contributed by atoms with Gasteiger partial charge in [0.1, 0.15) is 17.3 Å². The van der Waals surface area contributed by atoms with E-state index in [9.17, 15) is 4.79 Å². The second-order valence-electron chi connectivity index (χ2n) is 7.27. The highest BCUT2D eigenvalue weighted by Gasteiger charge is 2.11. The molecule has 0 aromatic heterocycles. The summed E-state index contributed by atoms with van der Waals surface area (Å²) in [5, 5.41) is 11.1. The number of benzene rings is 3. The van der Waals surface area contributed by atoms with Crippen molar-refractivity contribution in [3.8, 4) is 11.5 Å². The summed E-state index contributed by atoms with van der Waals surface area (Å²) in [7, 11) is 0. The first-order valence-corrected chi connectivity index (χ1v) is 10.4. The molecule has 156 valence electrons. The van der Waals surface area contributed by atoms with Gasteiger partial charge in [0.15, 0.2) is 0 Å². The van der Waals surface area contributed by atoms with Crippen LogP contribution in [0.25, 0.3) is 16.5 Å². The highest BCUT2D eigenvalue weighted by atomic mass is 16.5. The molecule has 0 atom stereocenters. The van der Waals surface area contributed by atoms with Gasteiger partial charge in [0.25, 0.3) is 0 Å². The van der Waals surface area contributed by atoms with Crippen molar-refractivity contribution in [1.82, 2.24) is 0 Å². The molecule has 3 aromatic carbocycles. The van der Waals surface area contributed by atoms with Crippen LogP contribution in [0.5, 0.6) is 11.5 Å². The molecule has 0 amide bonds. The van der Waals surface area contributed by atoms with E-state index < -0.39 is 5.97 Å². The van der Waals surface area contributed by atoms with Crippen molar-refractivity contribution in [2.45, 2.75) is 39.0 Å². The van der Waals surface area contributed by atoms with Crippen LogP contribution in [0.4, 0.5) is 0 Å². The van der Waals surface area contributed by atoms with Gasteiger partial charge in [-0.15, -0.1) is 0 Å². The molecule has 0 radical (unpaired) electrons. The Kier molecular flexibility index (Phi) is 7.50. The fourth-order valence-electron chi connectivity index (χ4n) is 3.39. The normalized spacial score (nSPS) is 10.7. The van der Waals surface area contributed by atoms with Crippen LogP contribution >= 0.6 is 0 Å². The number of aromatic carboxylic acids is 1. The van der Waals surface area contributed by atoms with Crippen LogP contribution in [0.2, 0.25) is 0 Å².